The number of non-ortho nitro benzene ring substituents is 1. The highest BCUT2D eigenvalue weighted by molar-refractivity contribution is 6.08. The van der Waals surface area contributed by atoms with Crippen molar-refractivity contribution in [3.8, 4) is 6.07 Å². The second kappa shape index (κ2) is 6.80. The molecule has 9 nitrogen and oxygen atoms in total. The molecular formula is C18H11F3N6O3. The summed E-state index contributed by atoms with van der Waals surface area (Å²) >= 11 is 0. The van der Waals surface area contributed by atoms with Crippen LogP contribution < -0.4 is 5.32 Å². The highest BCUT2D eigenvalue weighted by Gasteiger charge is 2.38. The van der Waals surface area contributed by atoms with Crippen LogP contribution in [0.5, 0.6) is 0 Å². The molecule has 2 heterocycles. The van der Waals surface area contributed by atoms with Gasteiger partial charge in [-0.15, -0.1) is 0 Å². The SMILES string of the molecule is N#Cc1cc([N+](=O)[O-])ccc1NC(=O)c1cnn2c(C(F)(F)F)cc(C3CC3)nc12. The lowest BCUT2D eigenvalue weighted by atomic mass is 10.1. The van der Waals surface area contributed by atoms with E-state index in [0.29, 0.717) is 17.4 Å². The number of nitrogens with zero attached hydrogens (tertiary/aromatic N) is 5. The smallest absolute Gasteiger partial charge is 0.321 e. The van der Waals surface area contributed by atoms with Crippen LogP contribution in [-0.2, 0) is 6.18 Å². The Bertz CT molecular complexity index is 1240. The molecule has 0 bridgehead atoms. The molecule has 0 spiro atoms. The number of carbonyl (C=O) groups is 1. The first-order valence-electron chi connectivity index (χ1n) is 8.65. The zero-order valence-corrected chi connectivity index (χ0v) is 15.0. The molecule has 4 rings (SSSR count). The molecule has 0 aliphatic heterocycles. The van der Waals surface area contributed by atoms with Crippen LogP contribution >= 0.6 is 0 Å². The third-order valence-corrected chi connectivity index (χ3v) is 4.60. The number of amides is 1. The Hall–Kier alpha value is -4.01. The summed E-state index contributed by atoms with van der Waals surface area (Å²) in [6, 6.07) is 5.92. The van der Waals surface area contributed by atoms with Gasteiger partial charge in [-0.3, -0.25) is 14.9 Å². The van der Waals surface area contributed by atoms with Crippen LogP contribution in [0.3, 0.4) is 0 Å². The highest BCUT2D eigenvalue weighted by atomic mass is 19.4. The number of halogens is 3. The minimum Gasteiger partial charge on any atom is -0.321 e. The van der Waals surface area contributed by atoms with E-state index >= 15 is 0 Å². The second-order valence-electron chi connectivity index (χ2n) is 6.68. The molecule has 30 heavy (non-hydrogen) atoms. The normalized spacial score (nSPS) is 13.8. The quantitative estimate of drug-likeness (QED) is 0.511. The van der Waals surface area contributed by atoms with Crippen LogP contribution in [0.4, 0.5) is 24.5 Å². The number of hydrogen-bond donors (Lipinski definition) is 1. The van der Waals surface area contributed by atoms with Crippen molar-refractivity contribution in [3.63, 3.8) is 0 Å². The molecule has 12 heteroatoms. The second-order valence-corrected chi connectivity index (χ2v) is 6.68. The fourth-order valence-electron chi connectivity index (χ4n) is 2.97. The Labute approximate surface area is 165 Å². The van der Waals surface area contributed by atoms with Gasteiger partial charge >= 0.3 is 6.18 Å². The number of nitriles is 1. The molecular weight excluding hydrogens is 405 g/mol. The number of nitrogens with one attached hydrogen (secondary N) is 1. The number of aromatic nitrogens is 3. The summed E-state index contributed by atoms with van der Waals surface area (Å²) in [5.41, 5.74) is -1.82. The largest absolute Gasteiger partial charge is 0.433 e. The maximum Gasteiger partial charge on any atom is 0.433 e. The Morgan fingerprint density at radius 2 is 2.07 bits per heavy atom. The molecule has 152 valence electrons. The van der Waals surface area contributed by atoms with Crippen LogP contribution in [0.2, 0.25) is 0 Å². The Kier molecular flexibility index (Phi) is 4.38. The fraction of sp³-hybridized carbons (Fsp3) is 0.222. The minimum absolute atomic E-state index is 0.0261. The average Bonchev–Trinajstić information content (AvgIpc) is 3.45. The number of fused-ring (bicyclic) bond motifs is 1. The van der Waals surface area contributed by atoms with Crippen molar-refractivity contribution in [1.29, 1.82) is 5.26 Å². The summed E-state index contributed by atoms with van der Waals surface area (Å²) in [4.78, 5) is 27.0. The predicted molar refractivity (Wildman–Crippen MR) is 95.7 cm³/mol. The maximum atomic E-state index is 13.5. The zero-order chi connectivity index (χ0) is 21.6. The average molecular weight is 416 g/mol. The van der Waals surface area contributed by atoms with Gasteiger partial charge < -0.3 is 5.32 Å². The van der Waals surface area contributed by atoms with E-state index in [1.807, 2.05) is 0 Å². The molecule has 0 unspecified atom stereocenters. The van der Waals surface area contributed by atoms with Crippen LogP contribution in [0.25, 0.3) is 5.65 Å². The van der Waals surface area contributed by atoms with Crippen molar-refractivity contribution in [2.24, 2.45) is 0 Å². The van der Waals surface area contributed by atoms with Crippen molar-refractivity contribution < 1.29 is 22.9 Å². The number of alkyl halides is 3. The van der Waals surface area contributed by atoms with Crippen LogP contribution in [0, 0.1) is 21.4 Å². The van der Waals surface area contributed by atoms with Gasteiger partial charge in [0.05, 0.1) is 22.4 Å². The molecule has 1 aromatic carbocycles. The maximum absolute atomic E-state index is 13.5. The van der Waals surface area contributed by atoms with Gasteiger partial charge in [0.25, 0.3) is 11.6 Å². The Balaban J connectivity index is 1.75. The van der Waals surface area contributed by atoms with Gasteiger partial charge in [0.15, 0.2) is 5.65 Å². The number of benzene rings is 1. The van der Waals surface area contributed by atoms with Gasteiger partial charge in [-0.2, -0.15) is 23.5 Å². The van der Waals surface area contributed by atoms with E-state index in [1.54, 1.807) is 6.07 Å². The van der Waals surface area contributed by atoms with E-state index in [9.17, 15) is 33.3 Å². The molecule has 0 atom stereocenters. The predicted octanol–water partition coefficient (Wildman–Crippen LogP) is 3.66. The van der Waals surface area contributed by atoms with Gasteiger partial charge in [0.2, 0.25) is 0 Å². The van der Waals surface area contributed by atoms with Crippen molar-refractivity contribution in [2.75, 3.05) is 5.32 Å². The van der Waals surface area contributed by atoms with E-state index in [0.717, 1.165) is 24.4 Å². The molecule has 1 aliphatic rings. The molecule has 3 aromatic rings. The van der Waals surface area contributed by atoms with Crippen molar-refractivity contribution in [2.45, 2.75) is 24.9 Å². The molecule has 1 fully saturated rings. The Morgan fingerprint density at radius 3 is 2.67 bits per heavy atom. The summed E-state index contributed by atoms with van der Waals surface area (Å²) in [5, 5.41) is 26.1. The molecule has 1 N–H and O–H groups in total. The summed E-state index contributed by atoms with van der Waals surface area (Å²) in [6.45, 7) is 0. The molecule has 1 saturated carbocycles. The van der Waals surface area contributed by atoms with Gasteiger partial charge in [-0.25, -0.2) is 9.50 Å². The first kappa shape index (κ1) is 19.3. The van der Waals surface area contributed by atoms with Gasteiger partial charge in [-0.05, 0) is 25.0 Å². The van der Waals surface area contributed by atoms with E-state index in [2.05, 4.69) is 15.4 Å². The summed E-state index contributed by atoms with van der Waals surface area (Å²) in [6.07, 6.45) is -2.31. The van der Waals surface area contributed by atoms with Crippen LogP contribution in [0.15, 0.2) is 30.5 Å². The number of nitro groups is 1. The number of anilines is 1. The summed E-state index contributed by atoms with van der Waals surface area (Å²) in [5.74, 6) is -0.939. The fourth-order valence-corrected chi connectivity index (χ4v) is 2.97. The van der Waals surface area contributed by atoms with E-state index in [1.165, 1.54) is 6.07 Å². The third-order valence-electron chi connectivity index (χ3n) is 4.60. The third kappa shape index (κ3) is 3.41. The standard InChI is InChI=1S/C18H11F3N6O3/c19-18(20,21)15-6-14(9-1-2-9)24-16-12(8-23-26(15)16)17(28)25-13-4-3-11(27(29)30)5-10(13)7-22/h3-6,8-9H,1-2H2,(H,25,28). The summed E-state index contributed by atoms with van der Waals surface area (Å²) < 4.78 is 40.9. The molecule has 0 saturated heterocycles. The first-order chi connectivity index (χ1) is 14.2. The monoisotopic (exact) mass is 416 g/mol. The zero-order valence-electron chi connectivity index (χ0n) is 15.0. The molecule has 2 aromatic heterocycles. The molecule has 1 aliphatic carbocycles. The van der Waals surface area contributed by atoms with E-state index in [4.69, 9.17) is 0 Å². The topological polar surface area (TPSA) is 126 Å². The lowest BCUT2D eigenvalue weighted by molar-refractivity contribution is -0.384. The number of hydrogen-bond acceptors (Lipinski definition) is 6. The van der Waals surface area contributed by atoms with Crippen molar-refractivity contribution >= 4 is 22.9 Å². The number of rotatable bonds is 4. The summed E-state index contributed by atoms with van der Waals surface area (Å²) in [7, 11) is 0. The molecule has 0 radical (unpaired) electrons. The van der Waals surface area contributed by atoms with Crippen molar-refractivity contribution in [1.82, 2.24) is 14.6 Å². The van der Waals surface area contributed by atoms with Crippen LogP contribution in [0.1, 0.15) is 46.1 Å². The van der Waals surface area contributed by atoms with Gasteiger partial charge in [0.1, 0.15) is 17.3 Å². The first-order valence-corrected chi connectivity index (χ1v) is 8.65. The van der Waals surface area contributed by atoms with E-state index in [-0.39, 0.29) is 39.8 Å². The highest BCUT2D eigenvalue weighted by Crippen LogP contribution is 2.41. The Morgan fingerprint density at radius 1 is 1.33 bits per heavy atom. The minimum atomic E-state index is -4.70. The van der Waals surface area contributed by atoms with Crippen LogP contribution in [-0.4, -0.2) is 25.4 Å². The molecule has 1 amide bonds. The number of carbonyl (C=O) groups excluding carboxylic acids is 1. The lowest BCUT2D eigenvalue weighted by Gasteiger charge is -2.11. The van der Waals surface area contributed by atoms with Gasteiger partial charge in [0, 0.05) is 23.7 Å². The van der Waals surface area contributed by atoms with Gasteiger partial charge in [-0.1, -0.05) is 0 Å². The van der Waals surface area contributed by atoms with E-state index < -0.39 is 22.7 Å². The number of nitro benzene ring substituents is 1. The van der Waals surface area contributed by atoms with Crippen molar-refractivity contribution in [3.05, 3.63) is 63.1 Å². The lowest BCUT2D eigenvalue weighted by Crippen LogP contribution is -2.16.